The van der Waals surface area contributed by atoms with Crippen molar-refractivity contribution in [2.45, 2.75) is 0 Å². The molecule has 7 heteroatoms. The van der Waals surface area contributed by atoms with E-state index in [0.717, 1.165) is 23.1 Å². The van der Waals surface area contributed by atoms with Crippen LogP contribution in [0.5, 0.6) is 11.5 Å². The van der Waals surface area contributed by atoms with Crippen LogP contribution in [0.1, 0.15) is 5.56 Å². The van der Waals surface area contributed by atoms with Gasteiger partial charge in [-0.2, -0.15) is 0 Å². The normalized spacial score (nSPS) is 15.2. The second-order valence-electron chi connectivity index (χ2n) is 6.14. The van der Waals surface area contributed by atoms with Crippen molar-refractivity contribution in [2.24, 2.45) is 0 Å². The Labute approximate surface area is 182 Å². The van der Waals surface area contributed by atoms with Gasteiger partial charge < -0.3 is 4.74 Å². The second-order valence-corrected chi connectivity index (χ2v) is 7.99. The highest BCUT2D eigenvalue weighted by Gasteiger charge is 2.33. The largest absolute Gasteiger partial charge is 0.457 e. The standard InChI is InChI=1S/C22H14Cl2N2O2S/c23-18-10-9-15(13-19(18)24)26-21(27)20(29-22(26)25)12-14-5-4-8-17(11-14)28-16-6-2-1-3-7-16/h1-13,25H/b20-12-,25-22?. The van der Waals surface area contributed by atoms with Crippen molar-refractivity contribution in [3.8, 4) is 11.5 Å². The third-order valence-corrected chi connectivity index (χ3v) is 5.75. The molecule has 0 bridgehead atoms. The van der Waals surface area contributed by atoms with Crippen LogP contribution in [0.4, 0.5) is 5.69 Å². The third-order valence-electron chi connectivity index (χ3n) is 4.12. The summed E-state index contributed by atoms with van der Waals surface area (Å²) in [6, 6.07) is 21.8. The van der Waals surface area contributed by atoms with Crippen LogP contribution < -0.4 is 9.64 Å². The molecule has 0 aliphatic carbocycles. The van der Waals surface area contributed by atoms with Gasteiger partial charge in [0.1, 0.15) is 11.5 Å². The average Bonchev–Trinajstić information content (AvgIpc) is 2.98. The van der Waals surface area contributed by atoms with E-state index in [4.69, 9.17) is 33.3 Å². The first-order valence-electron chi connectivity index (χ1n) is 8.62. The van der Waals surface area contributed by atoms with Gasteiger partial charge in [-0.15, -0.1) is 0 Å². The lowest BCUT2D eigenvalue weighted by Gasteiger charge is -2.14. The van der Waals surface area contributed by atoms with Gasteiger partial charge >= 0.3 is 0 Å². The van der Waals surface area contributed by atoms with Gasteiger partial charge in [-0.05, 0) is 65.9 Å². The molecule has 1 fully saturated rings. The number of carbonyl (C=O) groups is 1. The van der Waals surface area contributed by atoms with Crippen molar-refractivity contribution >= 4 is 57.8 Å². The molecule has 3 aromatic rings. The maximum atomic E-state index is 12.9. The number of nitrogens with zero attached hydrogens (tertiary/aromatic N) is 1. The molecule has 29 heavy (non-hydrogen) atoms. The van der Waals surface area contributed by atoms with Gasteiger partial charge in [0.2, 0.25) is 0 Å². The Hall–Kier alpha value is -2.73. The van der Waals surface area contributed by atoms with Gasteiger partial charge in [0.25, 0.3) is 5.91 Å². The molecular formula is C22H14Cl2N2O2S. The summed E-state index contributed by atoms with van der Waals surface area (Å²) in [5.41, 5.74) is 1.31. The summed E-state index contributed by atoms with van der Waals surface area (Å²) in [4.78, 5) is 14.6. The Morgan fingerprint density at radius 1 is 0.897 bits per heavy atom. The Bertz CT molecular complexity index is 1130. The number of nitrogens with one attached hydrogen (secondary N) is 1. The predicted octanol–water partition coefficient (Wildman–Crippen LogP) is 6.84. The van der Waals surface area contributed by atoms with Gasteiger partial charge in [0, 0.05) is 0 Å². The molecule has 144 valence electrons. The van der Waals surface area contributed by atoms with Crippen LogP contribution in [-0.2, 0) is 4.79 Å². The molecular weight excluding hydrogens is 427 g/mol. The Balaban J connectivity index is 1.59. The lowest BCUT2D eigenvalue weighted by molar-refractivity contribution is -0.113. The fourth-order valence-electron chi connectivity index (χ4n) is 2.79. The van der Waals surface area contributed by atoms with E-state index in [1.807, 2.05) is 54.6 Å². The number of carbonyl (C=O) groups excluding carboxylic acids is 1. The number of amidine groups is 1. The summed E-state index contributed by atoms with van der Waals surface area (Å²) in [6.45, 7) is 0. The zero-order chi connectivity index (χ0) is 20.4. The Morgan fingerprint density at radius 3 is 2.41 bits per heavy atom. The molecule has 4 rings (SSSR count). The van der Waals surface area contributed by atoms with Crippen LogP contribution >= 0.6 is 35.0 Å². The van der Waals surface area contributed by atoms with E-state index in [0.29, 0.717) is 26.4 Å². The van der Waals surface area contributed by atoms with Crippen molar-refractivity contribution in [3.63, 3.8) is 0 Å². The van der Waals surface area contributed by atoms with Crippen molar-refractivity contribution in [1.82, 2.24) is 0 Å². The molecule has 1 heterocycles. The molecule has 0 radical (unpaired) electrons. The minimum Gasteiger partial charge on any atom is -0.457 e. The summed E-state index contributed by atoms with van der Waals surface area (Å²) in [5, 5.41) is 9.05. The highest BCUT2D eigenvalue weighted by atomic mass is 35.5. The van der Waals surface area contributed by atoms with E-state index in [9.17, 15) is 4.79 Å². The van der Waals surface area contributed by atoms with Gasteiger partial charge in [0.05, 0.1) is 20.6 Å². The van der Waals surface area contributed by atoms with E-state index in [-0.39, 0.29) is 11.1 Å². The molecule has 1 saturated heterocycles. The van der Waals surface area contributed by atoms with Gasteiger partial charge in [-0.3, -0.25) is 15.1 Å². The maximum absolute atomic E-state index is 12.9. The molecule has 4 nitrogen and oxygen atoms in total. The Kier molecular flexibility index (Phi) is 5.62. The first-order chi connectivity index (χ1) is 14.0. The van der Waals surface area contributed by atoms with Gasteiger partial charge in [0.15, 0.2) is 5.17 Å². The molecule has 1 amide bonds. The van der Waals surface area contributed by atoms with Crippen molar-refractivity contribution < 1.29 is 9.53 Å². The number of thioether (sulfide) groups is 1. The van der Waals surface area contributed by atoms with Gasteiger partial charge in [-0.25, -0.2) is 0 Å². The zero-order valence-corrected chi connectivity index (χ0v) is 17.3. The number of ether oxygens (including phenoxy) is 1. The van der Waals surface area contributed by atoms with Crippen LogP contribution in [0, 0.1) is 5.41 Å². The number of benzene rings is 3. The third kappa shape index (κ3) is 4.32. The number of para-hydroxylation sites is 1. The van der Waals surface area contributed by atoms with Crippen LogP contribution in [0.25, 0.3) is 6.08 Å². The van der Waals surface area contributed by atoms with E-state index >= 15 is 0 Å². The first kappa shape index (κ1) is 19.6. The summed E-state index contributed by atoms with van der Waals surface area (Å²) in [6.07, 6.45) is 1.75. The number of anilines is 1. The number of hydrogen-bond acceptors (Lipinski definition) is 4. The predicted molar refractivity (Wildman–Crippen MR) is 120 cm³/mol. The smallest absolute Gasteiger partial charge is 0.271 e. The number of hydrogen-bond donors (Lipinski definition) is 1. The quantitative estimate of drug-likeness (QED) is 0.451. The van der Waals surface area contributed by atoms with Gasteiger partial charge in [-0.1, -0.05) is 53.5 Å². The molecule has 1 aliphatic heterocycles. The fourth-order valence-corrected chi connectivity index (χ4v) is 3.94. The minimum atomic E-state index is -0.284. The summed E-state index contributed by atoms with van der Waals surface area (Å²) >= 11 is 13.1. The lowest BCUT2D eigenvalue weighted by atomic mass is 10.2. The molecule has 1 N–H and O–H groups in total. The SMILES string of the molecule is N=C1S/C(=C\c2cccc(Oc3ccccc3)c2)C(=O)N1c1ccc(Cl)c(Cl)c1. The van der Waals surface area contributed by atoms with E-state index in [1.165, 1.54) is 4.90 Å². The molecule has 0 atom stereocenters. The van der Waals surface area contributed by atoms with Crippen LogP contribution in [0.3, 0.4) is 0 Å². The van der Waals surface area contributed by atoms with Crippen molar-refractivity contribution in [3.05, 3.63) is 93.3 Å². The highest BCUT2D eigenvalue weighted by Crippen LogP contribution is 2.37. The van der Waals surface area contributed by atoms with E-state index in [1.54, 1.807) is 24.3 Å². The fraction of sp³-hybridized carbons (Fsp3) is 0. The van der Waals surface area contributed by atoms with E-state index < -0.39 is 0 Å². The average molecular weight is 441 g/mol. The minimum absolute atomic E-state index is 0.108. The molecule has 0 unspecified atom stereocenters. The molecule has 0 spiro atoms. The number of halogens is 2. The van der Waals surface area contributed by atoms with Crippen molar-refractivity contribution in [2.75, 3.05) is 4.90 Å². The summed E-state index contributed by atoms with van der Waals surface area (Å²) < 4.78 is 5.85. The van der Waals surface area contributed by atoms with E-state index in [2.05, 4.69) is 0 Å². The summed E-state index contributed by atoms with van der Waals surface area (Å²) in [7, 11) is 0. The highest BCUT2D eigenvalue weighted by molar-refractivity contribution is 8.19. The number of amides is 1. The topological polar surface area (TPSA) is 53.4 Å². The van der Waals surface area contributed by atoms with Crippen LogP contribution in [0.15, 0.2) is 77.7 Å². The second kappa shape index (κ2) is 8.33. The maximum Gasteiger partial charge on any atom is 0.271 e. The van der Waals surface area contributed by atoms with Crippen LogP contribution in [-0.4, -0.2) is 11.1 Å². The number of rotatable bonds is 4. The molecule has 3 aromatic carbocycles. The van der Waals surface area contributed by atoms with Crippen molar-refractivity contribution in [1.29, 1.82) is 5.41 Å². The monoisotopic (exact) mass is 440 g/mol. The van der Waals surface area contributed by atoms with Crippen LogP contribution in [0.2, 0.25) is 10.0 Å². The first-order valence-corrected chi connectivity index (χ1v) is 10.2. The Morgan fingerprint density at radius 2 is 1.66 bits per heavy atom. The molecule has 1 aliphatic rings. The molecule has 0 aromatic heterocycles. The summed E-state index contributed by atoms with van der Waals surface area (Å²) in [5.74, 6) is 1.11. The lowest BCUT2D eigenvalue weighted by Crippen LogP contribution is -2.28. The molecule has 0 saturated carbocycles. The zero-order valence-electron chi connectivity index (χ0n) is 14.9.